The smallest absolute Gasteiger partial charge is 0.548 e. The Morgan fingerprint density at radius 1 is 1.54 bits per heavy atom. The molecule has 5 nitrogen and oxygen atoms in total. The third-order valence-electron chi connectivity index (χ3n) is 1.28. The molecule has 6 heteroatoms. The van der Waals surface area contributed by atoms with Crippen LogP contribution in [0.1, 0.15) is 19.8 Å². The van der Waals surface area contributed by atoms with Gasteiger partial charge in [0.15, 0.2) is 0 Å². The molecule has 0 saturated carbocycles. The number of hydrogen-bond acceptors (Lipinski definition) is 4. The normalized spacial score (nSPS) is 11.2. The fraction of sp³-hybridized carbons (Fsp3) is 0.714. The van der Waals surface area contributed by atoms with E-state index in [1.165, 1.54) is 0 Å². The minimum Gasteiger partial charge on any atom is -0.548 e. The summed E-state index contributed by atoms with van der Waals surface area (Å²) in [5.74, 6) is -1.86. The van der Waals surface area contributed by atoms with Gasteiger partial charge in [0.25, 0.3) is 0 Å². The number of rotatable bonds is 5. The number of amides is 1. The number of aliphatic hydroxyl groups excluding tert-OH is 1. The Bertz CT molecular complexity index is 174. The summed E-state index contributed by atoms with van der Waals surface area (Å²) in [6.45, 7) is 1.16. The van der Waals surface area contributed by atoms with Crippen molar-refractivity contribution in [3.8, 4) is 0 Å². The molecule has 70 valence electrons. The molecule has 1 amide bonds. The molecule has 0 rings (SSSR count). The van der Waals surface area contributed by atoms with Crippen molar-refractivity contribution in [1.82, 2.24) is 5.32 Å². The summed E-state index contributed by atoms with van der Waals surface area (Å²) in [7, 11) is 0. The first-order chi connectivity index (χ1) is 5.61. The van der Waals surface area contributed by atoms with Crippen LogP contribution in [0.5, 0.6) is 0 Å². The predicted octanol–water partition coefficient (Wildman–Crippen LogP) is -4.98. The zero-order valence-electron chi connectivity index (χ0n) is 7.87. The van der Waals surface area contributed by atoms with Gasteiger partial charge in [0.2, 0.25) is 5.91 Å². The summed E-state index contributed by atoms with van der Waals surface area (Å²) in [6, 6.07) is -1.29. The number of carboxylic acids is 1. The zero-order valence-corrected chi connectivity index (χ0v) is 9.87. The molecule has 0 aliphatic carbocycles. The Labute approximate surface area is 98.8 Å². The van der Waals surface area contributed by atoms with E-state index in [4.69, 9.17) is 5.11 Å². The van der Waals surface area contributed by atoms with Gasteiger partial charge in [-0.1, -0.05) is 6.92 Å². The average Bonchev–Trinajstić information content (AvgIpc) is 2.00. The molecule has 2 N–H and O–H groups in total. The van der Waals surface area contributed by atoms with Crippen molar-refractivity contribution in [2.75, 3.05) is 6.61 Å². The molecule has 0 aliphatic heterocycles. The van der Waals surface area contributed by atoms with E-state index in [-0.39, 0.29) is 41.9 Å². The van der Waals surface area contributed by atoms with Crippen LogP contribution in [0.15, 0.2) is 0 Å². The molecule has 0 aromatic rings. The molecule has 0 bridgehead atoms. The zero-order chi connectivity index (χ0) is 9.56. The van der Waals surface area contributed by atoms with Gasteiger partial charge >= 0.3 is 29.6 Å². The van der Waals surface area contributed by atoms with E-state index in [1.807, 2.05) is 0 Å². The Hall–Kier alpha value is -0.100. The van der Waals surface area contributed by atoms with Crippen molar-refractivity contribution in [3.05, 3.63) is 0 Å². The van der Waals surface area contributed by atoms with Crippen molar-refractivity contribution >= 4 is 11.9 Å². The molecule has 0 heterocycles. The first-order valence-corrected chi connectivity index (χ1v) is 3.72. The average molecular weight is 197 g/mol. The summed E-state index contributed by atoms with van der Waals surface area (Å²) in [6.07, 6.45) is 0.890. The van der Waals surface area contributed by atoms with Crippen LogP contribution in [0.2, 0.25) is 0 Å². The molecular weight excluding hydrogens is 185 g/mol. The quantitative estimate of drug-likeness (QED) is 0.432. The van der Waals surface area contributed by atoms with Gasteiger partial charge < -0.3 is 20.3 Å². The number of carboxylic acid groups (broad SMARTS) is 1. The number of nitrogens with one attached hydrogen (secondary N) is 1. The van der Waals surface area contributed by atoms with E-state index < -0.39 is 18.6 Å². The molecule has 13 heavy (non-hydrogen) atoms. The SMILES string of the molecule is CCCC(=O)N[C@@H](CO)C(=O)[O-].[Na+]. The Morgan fingerprint density at radius 3 is 2.38 bits per heavy atom. The van der Waals surface area contributed by atoms with Crippen LogP contribution in [-0.2, 0) is 9.59 Å². The minimum absolute atomic E-state index is 0. The van der Waals surface area contributed by atoms with Gasteiger partial charge in [0, 0.05) is 6.42 Å². The van der Waals surface area contributed by atoms with Crippen molar-refractivity contribution in [2.24, 2.45) is 0 Å². The van der Waals surface area contributed by atoms with Gasteiger partial charge in [0.1, 0.15) is 0 Å². The molecule has 0 aliphatic rings. The van der Waals surface area contributed by atoms with Gasteiger partial charge in [-0.2, -0.15) is 0 Å². The number of aliphatic hydroxyl groups is 1. The number of carbonyl (C=O) groups excluding carboxylic acids is 2. The second-order valence-electron chi connectivity index (χ2n) is 2.37. The van der Waals surface area contributed by atoms with Crippen LogP contribution in [0.25, 0.3) is 0 Å². The van der Waals surface area contributed by atoms with Crippen LogP contribution in [0.4, 0.5) is 0 Å². The van der Waals surface area contributed by atoms with Gasteiger partial charge in [-0.05, 0) is 6.42 Å². The second-order valence-corrected chi connectivity index (χ2v) is 2.37. The Kier molecular flexibility index (Phi) is 10.0. The Balaban J connectivity index is 0. The van der Waals surface area contributed by atoms with Crippen LogP contribution < -0.4 is 40.0 Å². The molecule has 0 spiro atoms. The van der Waals surface area contributed by atoms with Crippen molar-refractivity contribution in [1.29, 1.82) is 0 Å². The number of hydrogen-bond donors (Lipinski definition) is 2. The number of carbonyl (C=O) groups is 2. The maximum absolute atomic E-state index is 10.8. The van der Waals surface area contributed by atoms with Crippen LogP contribution in [0, 0.1) is 0 Å². The van der Waals surface area contributed by atoms with E-state index in [9.17, 15) is 14.7 Å². The first-order valence-electron chi connectivity index (χ1n) is 3.72. The fourth-order valence-corrected chi connectivity index (χ4v) is 0.673. The molecule has 0 radical (unpaired) electrons. The predicted molar refractivity (Wildman–Crippen MR) is 38.9 cm³/mol. The van der Waals surface area contributed by atoms with Crippen LogP contribution in [-0.4, -0.2) is 29.6 Å². The van der Waals surface area contributed by atoms with E-state index in [0.29, 0.717) is 6.42 Å². The van der Waals surface area contributed by atoms with E-state index >= 15 is 0 Å². The molecule has 0 unspecified atom stereocenters. The molecule has 0 fully saturated rings. The summed E-state index contributed by atoms with van der Waals surface area (Å²) >= 11 is 0. The van der Waals surface area contributed by atoms with Gasteiger partial charge in [-0.15, -0.1) is 0 Å². The van der Waals surface area contributed by atoms with Gasteiger partial charge in [0.05, 0.1) is 18.6 Å². The summed E-state index contributed by atoms with van der Waals surface area (Å²) < 4.78 is 0. The third-order valence-corrected chi connectivity index (χ3v) is 1.28. The molecule has 0 saturated heterocycles. The van der Waals surface area contributed by atoms with Crippen LogP contribution >= 0.6 is 0 Å². The maximum Gasteiger partial charge on any atom is 1.00 e. The van der Waals surface area contributed by atoms with E-state index in [0.717, 1.165) is 0 Å². The van der Waals surface area contributed by atoms with E-state index in [2.05, 4.69) is 5.32 Å². The monoisotopic (exact) mass is 197 g/mol. The van der Waals surface area contributed by atoms with Gasteiger partial charge in [-0.25, -0.2) is 0 Å². The van der Waals surface area contributed by atoms with Crippen molar-refractivity contribution in [3.63, 3.8) is 0 Å². The summed E-state index contributed by atoms with van der Waals surface area (Å²) in [5, 5.41) is 20.8. The van der Waals surface area contributed by atoms with Gasteiger partial charge in [-0.3, -0.25) is 4.79 Å². The molecular formula is C7H12NNaO4. The van der Waals surface area contributed by atoms with Crippen molar-refractivity contribution in [2.45, 2.75) is 25.8 Å². The molecule has 0 aromatic carbocycles. The minimum atomic E-state index is -1.47. The second kappa shape index (κ2) is 8.50. The number of aliphatic carboxylic acids is 1. The summed E-state index contributed by atoms with van der Waals surface area (Å²) in [5.41, 5.74) is 0. The fourth-order valence-electron chi connectivity index (χ4n) is 0.673. The first kappa shape index (κ1) is 15.4. The maximum atomic E-state index is 10.8. The van der Waals surface area contributed by atoms with Crippen LogP contribution in [0.3, 0.4) is 0 Å². The largest absolute Gasteiger partial charge is 1.00 e. The molecule has 1 atom stereocenters. The Morgan fingerprint density at radius 2 is 2.08 bits per heavy atom. The standard InChI is InChI=1S/C7H13NO4.Na/c1-2-3-6(10)8-5(4-9)7(11)12;/h5,9H,2-4H2,1H3,(H,8,10)(H,11,12);/q;+1/p-1/t5-;/m0./s1. The third kappa shape index (κ3) is 7.01. The van der Waals surface area contributed by atoms with E-state index in [1.54, 1.807) is 6.92 Å². The molecule has 0 aromatic heterocycles. The van der Waals surface area contributed by atoms with Crippen molar-refractivity contribution < 1.29 is 49.4 Å². The topological polar surface area (TPSA) is 89.5 Å². The summed E-state index contributed by atoms with van der Waals surface area (Å²) in [4.78, 5) is 21.0.